The zero-order valence-electron chi connectivity index (χ0n) is 29.7. The maximum Gasteiger partial charge on any atom is 0.355 e. The molecular formula is C39H43N5O8. The van der Waals surface area contributed by atoms with E-state index in [-0.39, 0.29) is 55.2 Å². The molecule has 2 aromatic carbocycles. The Bertz CT molecular complexity index is 2130. The van der Waals surface area contributed by atoms with E-state index < -0.39 is 53.5 Å². The summed E-state index contributed by atoms with van der Waals surface area (Å²) in [5.41, 5.74) is 8.51. The number of ether oxygens (including phenoxy) is 2. The standard InChI is InChI=1S/C39H43N5O8/c1-5-24-25-16-23(45)12-13-30(25)42-34-26(24)19-44-32(34)17-28-27(37(44)49)20-51-38(50)39(28,6-2)52-33(46)18-41-36(48)31(14-21(3)4)43-35(47)29(40)15-22-10-8-7-9-11-22/h7-13,16-17,21,29,31,45H,5-6,14-15,18-20,40H2,1-4H3,(H,41,48)(H,43,47)/t29-,31-,39-/m0/s1. The molecule has 0 saturated heterocycles. The van der Waals surface area contributed by atoms with Gasteiger partial charge in [0.2, 0.25) is 17.4 Å². The molecule has 2 aliphatic rings. The van der Waals surface area contributed by atoms with Crippen molar-refractivity contribution in [1.82, 2.24) is 20.2 Å². The topological polar surface area (TPSA) is 192 Å². The van der Waals surface area contributed by atoms with Crippen molar-refractivity contribution in [3.63, 3.8) is 0 Å². The van der Waals surface area contributed by atoms with E-state index in [0.29, 0.717) is 23.3 Å². The number of aromatic nitrogens is 2. The van der Waals surface area contributed by atoms with Crippen LogP contribution in [0.25, 0.3) is 22.3 Å². The second-order valence-corrected chi connectivity index (χ2v) is 13.7. The average Bonchev–Trinajstić information content (AvgIpc) is 3.49. The Hall–Kier alpha value is -5.56. The minimum Gasteiger partial charge on any atom is -0.508 e. The number of hydrogen-bond donors (Lipinski definition) is 4. The monoisotopic (exact) mass is 709 g/mol. The highest BCUT2D eigenvalue weighted by molar-refractivity contribution is 5.93. The molecule has 0 aliphatic carbocycles. The van der Waals surface area contributed by atoms with E-state index in [1.807, 2.05) is 51.1 Å². The fraction of sp³-hybridized carbons (Fsp3) is 0.385. The van der Waals surface area contributed by atoms with Gasteiger partial charge in [-0.1, -0.05) is 58.0 Å². The lowest BCUT2D eigenvalue weighted by atomic mass is 9.85. The van der Waals surface area contributed by atoms with Crippen molar-refractivity contribution < 1.29 is 33.8 Å². The van der Waals surface area contributed by atoms with Gasteiger partial charge >= 0.3 is 11.9 Å². The van der Waals surface area contributed by atoms with Crippen LogP contribution in [0.2, 0.25) is 0 Å². The highest BCUT2D eigenvalue weighted by atomic mass is 16.6. The van der Waals surface area contributed by atoms with E-state index in [4.69, 9.17) is 20.2 Å². The fourth-order valence-corrected chi connectivity index (χ4v) is 7.17. The number of phenolic OH excluding ortho intramolecular Hbond substituents is 1. The SMILES string of the molecule is CCc1c2c(nc3ccc(O)cc13)-c1cc3c(c(=O)n1C2)COC(=O)[C@@]3(CC)OC(=O)CNC(=O)[C@H](CC(C)C)NC(=O)[C@@H](N)Cc1ccccc1. The van der Waals surface area contributed by atoms with E-state index >= 15 is 0 Å². The fourth-order valence-electron chi connectivity index (χ4n) is 7.17. The molecule has 3 atom stereocenters. The van der Waals surface area contributed by atoms with Crippen molar-refractivity contribution in [3.8, 4) is 17.1 Å². The Morgan fingerprint density at radius 2 is 1.81 bits per heavy atom. The normalized spacial score (nSPS) is 17.1. The van der Waals surface area contributed by atoms with E-state index in [0.717, 1.165) is 22.1 Å². The summed E-state index contributed by atoms with van der Waals surface area (Å²) in [7, 11) is 0. The highest BCUT2D eigenvalue weighted by Gasteiger charge is 2.50. The van der Waals surface area contributed by atoms with Crippen LogP contribution in [-0.4, -0.2) is 57.0 Å². The third-order valence-electron chi connectivity index (χ3n) is 9.78. The highest BCUT2D eigenvalue weighted by Crippen LogP contribution is 2.42. The van der Waals surface area contributed by atoms with Gasteiger partial charge in [-0.3, -0.25) is 19.2 Å². The predicted octanol–water partition coefficient (Wildman–Crippen LogP) is 3.12. The number of carbonyl (C=O) groups excluding carboxylic acids is 4. The van der Waals surface area contributed by atoms with Crippen LogP contribution in [0.3, 0.4) is 0 Å². The van der Waals surface area contributed by atoms with E-state index in [1.54, 1.807) is 35.8 Å². The van der Waals surface area contributed by atoms with Crippen molar-refractivity contribution in [2.75, 3.05) is 6.54 Å². The quantitative estimate of drug-likeness (QED) is 0.140. The van der Waals surface area contributed by atoms with Gasteiger partial charge in [0.15, 0.2) is 0 Å². The molecule has 52 heavy (non-hydrogen) atoms. The smallest absolute Gasteiger partial charge is 0.355 e. The summed E-state index contributed by atoms with van der Waals surface area (Å²) in [5, 5.41) is 16.2. The summed E-state index contributed by atoms with van der Waals surface area (Å²) in [5.74, 6) is -2.77. The van der Waals surface area contributed by atoms with Crippen LogP contribution in [-0.2, 0) is 60.2 Å². The molecule has 0 unspecified atom stereocenters. The van der Waals surface area contributed by atoms with Gasteiger partial charge in [-0.25, -0.2) is 9.78 Å². The number of carbonyl (C=O) groups is 4. The molecule has 0 fully saturated rings. The van der Waals surface area contributed by atoms with Crippen molar-refractivity contribution in [1.29, 1.82) is 0 Å². The van der Waals surface area contributed by atoms with Gasteiger partial charge in [-0.15, -0.1) is 0 Å². The minimum atomic E-state index is -1.96. The number of phenols is 1. The maximum atomic E-state index is 14.0. The summed E-state index contributed by atoms with van der Waals surface area (Å²) < 4.78 is 12.9. The number of nitrogens with one attached hydrogen (secondary N) is 2. The van der Waals surface area contributed by atoms with Crippen LogP contribution in [0.4, 0.5) is 0 Å². The van der Waals surface area contributed by atoms with Crippen molar-refractivity contribution in [2.24, 2.45) is 11.7 Å². The number of benzene rings is 2. The molecule has 2 amide bonds. The Kier molecular flexibility index (Phi) is 10.2. The molecule has 0 radical (unpaired) electrons. The number of pyridine rings is 2. The summed E-state index contributed by atoms with van der Waals surface area (Å²) in [4.78, 5) is 72.1. The third kappa shape index (κ3) is 6.75. The lowest BCUT2D eigenvalue weighted by Crippen LogP contribution is -2.53. The third-order valence-corrected chi connectivity index (χ3v) is 9.78. The largest absolute Gasteiger partial charge is 0.508 e. The molecule has 0 saturated carbocycles. The van der Waals surface area contributed by atoms with Gasteiger partial charge in [-0.05, 0) is 67.0 Å². The van der Waals surface area contributed by atoms with Gasteiger partial charge in [-0.2, -0.15) is 0 Å². The summed E-state index contributed by atoms with van der Waals surface area (Å²) >= 11 is 0. The Morgan fingerprint density at radius 1 is 1.06 bits per heavy atom. The number of cyclic esters (lactones) is 1. The summed E-state index contributed by atoms with van der Waals surface area (Å²) in [6.07, 6.45) is 1.13. The number of aromatic hydroxyl groups is 1. The zero-order chi connectivity index (χ0) is 37.3. The first-order chi connectivity index (χ1) is 24.9. The predicted molar refractivity (Wildman–Crippen MR) is 192 cm³/mol. The molecule has 2 aliphatic heterocycles. The minimum absolute atomic E-state index is 0.0178. The zero-order valence-corrected chi connectivity index (χ0v) is 29.7. The summed E-state index contributed by atoms with van der Waals surface area (Å²) in [6.45, 7) is 6.74. The van der Waals surface area contributed by atoms with Gasteiger partial charge in [0, 0.05) is 16.5 Å². The van der Waals surface area contributed by atoms with Crippen LogP contribution in [0.5, 0.6) is 5.75 Å². The van der Waals surface area contributed by atoms with Crippen LogP contribution in [0.15, 0.2) is 59.4 Å². The first-order valence-corrected chi connectivity index (χ1v) is 17.5. The maximum absolute atomic E-state index is 14.0. The van der Waals surface area contributed by atoms with Crippen LogP contribution in [0.1, 0.15) is 68.4 Å². The number of nitrogens with two attached hydrogens (primary N) is 1. The number of aryl methyl sites for hydroxylation is 1. The molecule has 13 heteroatoms. The van der Waals surface area contributed by atoms with E-state index in [9.17, 15) is 29.1 Å². The second-order valence-electron chi connectivity index (χ2n) is 13.7. The number of esters is 2. The molecular weight excluding hydrogens is 666 g/mol. The molecule has 4 heterocycles. The number of fused-ring (bicyclic) bond motifs is 5. The van der Waals surface area contributed by atoms with Gasteiger partial charge in [0.25, 0.3) is 5.56 Å². The Morgan fingerprint density at radius 3 is 2.50 bits per heavy atom. The summed E-state index contributed by atoms with van der Waals surface area (Å²) in [6, 6.07) is 14.0. The molecule has 13 nitrogen and oxygen atoms in total. The molecule has 0 spiro atoms. The second kappa shape index (κ2) is 14.6. The molecule has 5 N–H and O–H groups in total. The Balaban J connectivity index is 1.23. The number of rotatable bonds is 12. The molecule has 0 bridgehead atoms. The first kappa shape index (κ1) is 36.2. The molecule has 2 aromatic heterocycles. The van der Waals surface area contributed by atoms with E-state index in [2.05, 4.69) is 10.6 Å². The molecule has 272 valence electrons. The molecule has 6 rings (SSSR count). The van der Waals surface area contributed by atoms with Gasteiger partial charge in [0.1, 0.15) is 24.9 Å². The van der Waals surface area contributed by atoms with E-state index in [1.165, 1.54) is 0 Å². The number of amides is 2. The Labute approximate surface area is 300 Å². The van der Waals surface area contributed by atoms with Gasteiger partial charge in [0.05, 0.1) is 35.1 Å². The van der Waals surface area contributed by atoms with Crippen LogP contribution in [0, 0.1) is 5.92 Å². The van der Waals surface area contributed by atoms with Crippen LogP contribution < -0.4 is 21.9 Å². The van der Waals surface area contributed by atoms with Crippen molar-refractivity contribution in [2.45, 2.75) is 84.2 Å². The lowest BCUT2D eigenvalue weighted by molar-refractivity contribution is -0.189. The van der Waals surface area contributed by atoms with Gasteiger partial charge < -0.3 is 35.5 Å². The number of hydrogen-bond acceptors (Lipinski definition) is 10. The number of nitrogens with zero attached hydrogens (tertiary/aromatic N) is 2. The lowest BCUT2D eigenvalue weighted by Gasteiger charge is -2.35. The first-order valence-electron chi connectivity index (χ1n) is 17.5. The van der Waals surface area contributed by atoms with Crippen LogP contribution >= 0.6 is 0 Å². The van der Waals surface area contributed by atoms with Crippen molar-refractivity contribution >= 4 is 34.7 Å². The van der Waals surface area contributed by atoms with Crippen molar-refractivity contribution in [3.05, 3.63) is 92.8 Å². The molecule has 4 aromatic rings. The average molecular weight is 710 g/mol.